The number of esters is 1. The Labute approximate surface area is 189 Å². The summed E-state index contributed by atoms with van der Waals surface area (Å²) in [5, 5.41) is 15.1. The van der Waals surface area contributed by atoms with E-state index in [4.69, 9.17) is 18.9 Å². The van der Waals surface area contributed by atoms with Gasteiger partial charge in [-0.15, -0.1) is 11.3 Å². The zero-order valence-corrected chi connectivity index (χ0v) is 18.8. The molecule has 0 amide bonds. The number of methoxy groups -OCH3 is 4. The van der Waals surface area contributed by atoms with E-state index in [1.54, 1.807) is 13.2 Å². The van der Waals surface area contributed by atoms with E-state index < -0.39 is 5.97 Å². The highest BCUT2D eigenvalue weighted by Crippen LogP contribution is 2.34. The summed E-state index contributed by atoms with van der Waals surface area (Å²) in [7, 11) is 5.85. The van der Waals surface area contributed by atoms with Crippen molar-refractivity contribution < 1.29 is 23.7 Å². The van der Waals surface area contributed by atoms with Crippen LogP contribution < -0.4 is 19.5 Å². The Morgan fingerprint density at radius 1 is 1.09 bits per heavy atom. The van der Waals surface area contributed by atoms with Crippen LogP contribution in [0.15, 0.2) is 48.0 Å². The van der Waals surface area contributed by atoms with Crippen LogP contribution in [0.25, 0.3) is 16.8 Å². The lowest BCUT2D eigenvalue weighted by Crippen LogP contribution is -2.07. The second kappa shape index (κ2) is 10.3. The van der Waals surface area contributed by atoms with E-state index in [0.717, 1.165) is 17.0 Å². The number of hydrogen-bond acceptors (Lipinski definition) is 9. The van der Waals surface area contributed by atoms with Crippen molar-refractivity contribution in [2.45, 2.75) is 0 Å². The van der Waals surface area contributed by atoms with Gasteiger partial charge in [0, 0.05) is 29.3 Å². The monoisotopic (exact) mass is 451 g/mol. The minimum Gasteiger partial charge on any atom is -0.497 e. The molecule has 9 heteroatoms. The maximum Gasteiger partial charge on any atom is 0.340 e. The topological polar surface area (TPSA) is 103 Å². The highest BCUT2D eigenvalue weighted by Gasteiger charge is 2.18. The predicted molar refractivity (Wildman–Crippen MR) is 122 cm³/mol. The number of ether oxygens (including phenoxy) is 4. The SMILES string of the molecule is COC(=O)c1cc(OC)c(OC)cc1N/C=C(\C#N)c1nc(-c2cccc(OC)c2)cs1. The average molecular weight is 452 g/mol. The molecule has 0 unspecified atom stereocenters. The van der Waals surface area contributed by atoms with E-state index in [2.05, 4.69) is 16.4 Å². The van der Waals surface area contributed by atoms with Crippen LogP contribution in [0.3, 0.4) is 0 Å². The molecule has 0 bridgehead atoms. The van der Waals surface area contributed by atoms with Crippen molar-refractivity contribution >= 4 is 28.6 Å². The molecule has 8 nitrogen and oxygen atoms in total. The zero-order chi connectivity index (χ0) is 23.1. The number of hydrogen-bond donors (Lipinski definition) is 1. The van der Waals surface area contributed by atoms with Gasteiger partial charge in [0.25, 0.3) is 0 Å². The Bertz CT molecular complexity index is 1200. The van der Waals surface area contributed by atoms with Crippen LogP contribution in [-0.4, -0.2) is 39.4 Å². The molecule has 0 aliphatic heterocycles. The third-order valence-corrected chi connectivity index (χ3v) is 5.40. The van der Waals surface area contributed by atoms with Gasteiger partial charge in [-0.25, -0.2) is 9.78 Å². The number of aromatic nitrogens is 1. The van der Waals surface area contributed by atoms with E-state index in [1.165, 1.54) is 44.9 Å². The molecule has 2 aromatic carbocycles. The van der Waals surface area contributed by atoms with Crippen LogP contribution in [0.4, 0.5) is 5.69 Å². The van der Waals surface area contributed by atoms with Gasteiger partial charge < -0.3 is 24.3 Å². The van der Waals surface area contributed by atoms with Crippen LogP contribution in [-0.2, 0) is 4.74 Å². The molecule has 164 valence electrons. The number of nitrogens with one attached hydrogen (secondary N) is 1. The molecule has 0 saturated heterocycles. The average Bonchev–Trinajstić information content (AvgIpc) is 3.33. The molecule has 1 N–H and O–H groups in total. The van der Waals surface area contributed by atoms with Gasteiger partial charge in [0.1, 0.15) is 22.4 Å². The van der Waals surface area contributed by atoms with E-state index in [-0.39, 0.29) is 5.56 Å². The second-order valence-corrected chi connectivity index (χ2v) is 7.19. The standard InChI is InChI=1S/C23H21N3O5S/c1-28-16-7-5-6-14(8-16)19-13-32-22(26-19)15(11-24)12-25-18-10-21(30-3)20(29-2)9-17(18)23(27)31-4/h5-10,12-13,25H,1-4H3/b15-12+. The first kappa shape index (κ1) is 22.7. The first-order valence-electron chi connectivity index (χ1n) is 9.36. The van der Waals surface area contributed by atoms with E-state index in [1.807, 2.05) is 29.6 Å². The number of anilines is 1. The Balaban J connectivity index is 1.94. The van der Waals surface area contributed by atoms with Crippen molar-refractivity contribution in [2.24, 2.45) is 0 Å². The minimum absolute atomic E-state index is 0.231. The number of allylic oxidation sites excluding steroid dienone is 1. The third-order valence-electron chi connectivity index (χ3n) is 4.52. The summed E-state index contributed by atoms with van der Waals surface area (Å²) in [4.78, 5) is 16.8. The van der Waals surface area contributed by atoms with Crippen molar-refractivity contribution in [2.75, 3.05) is 33.8 Å². The lowest BCUT2D eigenvalue weighted by atomic mass is 10.1. The Morgan fingerprint density at radius 3 is 2.50 bits per heavy atom. The summed E-state index contributed by atoms with van der Waals surface area (Å²) in [6, 6.07) is 12.8. The normalized spacial score (nSPS) is 10.8. The number of thiazole rings is 1. The summed E-state index contributed by atoms with van der Waals surface area (Å²) in [6.07, 6.45) is 1.49. The molecule has 0 atom stereocenters. The maximum absolute atomic E-state index is 12.2. The van der Waals surface area contributed by atoms with Gasteiger partial charge in [-0.05, 0) is 12.1 Å². The fourth-order valence-corrected chi connectivity index (χ4v) is 3.68. The second-order valence-electron chi connectivity index (χ2n) is 6.33. The lowest BCUT2D eigenvalue weighted by Gasteiger charge is -2.13. The number of carbonyl (C=O) groups excluding carboxylic acids is 1. The largest absolute Gasteiger partial charge is 0.497 e. The molecule has 1 aromatic heterocycles. The summed E-state index contributed by atoms with van der Waals surface area (Å²) in [5.74, 6) is 0.961. The number of nitriles is 1. The highest BCUT2D eigenvalue weighted by molar-refractivity contribution is 7.11. The number of rotatable bonds is 8. The van der Waals surface area contributed by atoms with Gasteiger partial charge in [-0.3, -0.25) is 0 Å². The quantitative estimate of drug-likeness (QED) is 0.392. The van der Waals surface area contributed by atoms with Crippen LogP contribution in [0, 0.1) is 11.3 Å². The molecule has 0 spiro atoms. The first-order chi connectivity index (χ1) is 15.5. The molecule has 0 fully saturated rings. The molecule has 3 aromatic rings. The first-order valence-corrected chi connectivity index (χ1v) is 10.2. The fraction of sp³-hybridized carbons (Fsp3) is 0.174. The summed E-state index contributed by atoms with van der Waals surface area (Å²) >= 11 is 1.34. The van der Waals surface area contributed by atoms with Gasteiger partial charge in [0.2, 0.25) is 0 Å². The lowest BCUT2D eigenvalue weighted by molar-refractivity contribution is 0.0601. The van der Waals surface area contributed by atoms with Crippen molar-refractivity contribution in [3.8, 4) is 34.6 Å². The van der Waals surface area contributed by atoms with Gasteiger partial charge in [0.15, 0.2) is 11.5 Å². The Morgan fingerprint density at radius 2 is 1.84 bits per heavy atom. The van der Waals surface area contributed by atoms with Crippen LogP contribution in [0.2, 0.25) is 0 Å². The van der Waals surface area contributed by atoms with Crippen LogP contribution >= 0.6 is 11.3 Å². The smallest absolute Gasteiger partial charge is 0.340 e. The van der Waals surface area contributed by atoms with E-state index >= 15 is 0 Å². The maximum atomic E-state index is 12.2. The molecule has 0 aliphatic rings. The van der Waals surface area contributed by atoms with Crippen LogP contribution in [0.5, 0.6) is 17.2 Å². The minimum atomic E-state index is -0.560. The Kier molecular flexibility index (Phi) is 7.31. The summed E-state index contributed by atoms with van der Waals surface area (Å²) in [6.45, 7) is 0. The van der Waals surface area contributed by atoms with Gasteiger partial charge >= 0.3 is 5.97 Å². The van der Waals surface area contributed by atoms with E-state index in [0.29, 0.717) is 27.8 Å². The van der Waals surface area contributed by atoms with E-state index in [9.17, 15) is 10.1 Å². The summed E-state index contributed by atoms with van der Waals surface area (Å²) < 4.78 is 20.7. The molecule has 0 aliphatic carbocycles. The summed E-state index contributed by atoms with van der Waals surface area (Å²) in [5.41, 5.74) is 2.54. The predicted octanol–water partition coefficient (Wildman–Crippen LogP) is 4.60. The Hall–Kier alpha value is -4.03. The molecule has 3 rings (SSSR count). The number of benzene rings is 2. The number of carbonyl (C=O) groups is 1. The molecule has 1 heterocycles. The van der Waals surface area contributed by atoms with Crippen LogP contribution in [0.1, 0.15) is 15.4 Å². The van der Waals surface area contributed by atoms with Gasteiger partial charge in [-0.2, -0.15) is 5.26 Å². The molecule has 32 heavy (non-hydrogen) atoms. The molecular weight excluding hydrogens is 430 g/mol. The van der Waals surface area contributed by atoms with Crippen molar-refractivity contribution in [3.05, 3.63) is 58.5 Å². The fourth-order valence-electron chi connectivity index (χ4n) is 2.88. The molecule has 0 radical (unpaired) electrons. The van der Waals surface area contributed by atoms with Gasteiger partial charge in [-0.1, -0.05) is 12.1 Å². The van der Waals surface area contributed by atoms with Crippen molar-refractivity contribution in [3.63, 3.8) is 0 Å². The highest BCUT2D eigenvalue weighted by atomic mass is 32.1. The number of nitrogens with zero attached hydrogens (tertiary/aromatic N) is 2. The van der Waals surface area contributed by atoms with Gasteiger partial charge in [0.05, 0.1) is 45.4 Å². The third kappa shape index (κ3) is 4.82. The van der Waals surface area contributed by atoms with Crippen molar-refractivity contribution in [1.29, 1.82) is 5.26 Å². The molecular formula is C23H21N3O5S. The van der Waals surface area contributed by atoms with Crippen molar-refractivity contribution in [1.82, 2.24) is 4.98 Å². The molecule has 0 saturated carbocycles. The zero-order valence-electron chi connectivity index (χ0n) is 18.0.